The quantitative estimate of drug-likeness (QED) is 0.173. The highest BCUT2D eigenvalue weighted by Gasteiger charge is 2.37. The summed E-state index contributed by atoms with van der Waals surface area (Å²) in [7, 11) is 15.1. The van der Waals surface area contributed by atoms with Crippen LogP contribution in [0.25, 0.3) is 71.1 Å². The number of aromatic nitrogens is 3. The van der Waals surface area contributed by atoms with Gasteiger partial charge in [-0.1, -0.05) is 293 Å². The van der Waals surface area contributed by atoms with Crippen LogP contribution in [0.2, 0.25) is 0 Å². The van der Waals surface area contributed by atoms with Crippen molar-refractivity contribution in [2.45, 2.75) is 119 Å². The van der Waals surface area contributed by atoms with Crippen molar-refractivity contribution in [3.8, 4) is 17.2 Å². The first-order valence-corrected chi connectivity index (χ1v) is 48.1. The summed E-state index contributed by atoms with van der Waals surface area (Å²) >= 11 is 1.87. The fourth-order valence-electron chi connectivity index (χ4n) is 21.8. The van der Waals surface area contributed by atoms with Gasteiger partial charge in [-0.25, -0.2) is 0 Å². The van der Waals surface area contributed by atoms with Gasteiger partial charge in [-0.3, -0.25) is 0 Å². The topological polar surface area (TPSA) is 43.5 Å². The Hall–Kier alpha value is -14.9. The SMILES string of the molecule is Cc1cccc2c1N(C)c1c(C)cccc1C2(C)C.Cc1cccc2c1N(C)c1c(C)cccc1N2c1ccccc1.Cc1cccc2c1N(C)c1c(C)cccc1O2.Cc1cccc2c1N(C)c1c(C)cccc1S2.Cc1cccc2c3ccc4c5ccccc5n(-c5ccccc5)c4c3n(C)c12.Cc1cccc2c3cccc(C)c3n(C)c12.Cc1ccccc1N(C)c1ccccc1C. The Morgan fingerprint density at radius 1 is 0.243 bits per heavy atom. The zero-order valence-corrected chi connectivity index (χ0v) is 83.6. The van der Waals surface area contributed by atoms with Crippen LogP contribution in [0, 0.1) is 90.0 Å². The Morgan fingerprint density at radius 2 is 0.544 bits per heavy atom. The van der Waals surface area contributed by atoms with Crippen LogP contribution in [0.15, 0.2) is 356 Å². The first kappa shape index (κ1) is 91.6. The lowest BCUT2D eigenvalue weighted by Gasteiger charge is -2.42. The molecular weight excluding hydrogens is 1680 g/mol. The summed E-state index contributed by atoms with van der Waals surface area (Å²) < 4.78 is 13.1. The molecule has 20 aromatic rings. The molecule has 0 aliphatic carbocycles. The summed E-state index contributed by atoms with van der Waals surface area (Å²) in [6.45, 7) is 32.9. The molecule has 10 nitrogen and oxygen atoms in total. The van der Waals surface area contributed by atoms with Crippen LogP contribution in [0.1, 0.15) is 97.3 Å². The molecule has 0 bridgehead atoms. The third-order valence-corrected chi connectivity index (χ3v) is 29.2. The van der Waals surface area contributed by atoms with Gasteiger partial charge < -0.3 is 47.8 Å². The molecule has 17 aromatic carbocycles. The van der Waals surface area contributed by atoms with Gasteiger partial charge in [-0.15, -0.1) is 0 Å². The average molecular weight is 1800 g/mol. The summed E-state index contributed by atoms with van der Waals surface area (Å²) in [4.78, 5) is 16.5. The van der Waals surface area contributed by atoms with Crippen molar-refractivity contribution < 1.29 is 4.74 Å². The molecule has 4 aliphatic rings. The van der Waals surface area contributed by atoms with Crippen LogP contribution >= 0.6 is 11.8 Å². The summed E-state index contributed by atoms with van der Waals surface area (Å²) in [5.41, 5.74) is 45.5. The number of rotatable bonds is 4. The minimum absolute atomic E-state index is 0.0647. The van der Waals surface area contributed by atoms with Gasteiger partial charge in [0.15, 0.2) is 11.5 Å². The van der Waals surface area contributed by atoms with Crippen LogP contribution in [0.3, 0.4) is 0 Å². The van der Waals surface area contributed by atoms with Crippen LogP contribution < -0.4 is 34.1 Å². The Labute approximate surface area is 808 Å². The highest BCUT2D eigenvalue weighted by atomic mass is 32.2. The zero-order chi connectivity index (χ0) is 95.4. The van der Waals surface area contributed by atoms with Crippen molar-refractivity contribution in [1.29, 1.82) is 0 Å². The van der Waals surface area contributed by atoms with E-state index < -0.39 is 0 Å². The lowest BCUT2D eigenvalue weighted by molar-refractivity contribution is 0.474. The molecule has 4 aliphatic heterocycles. The maximum atomic E-state index is 5.97. The molecule has 0 spiro atoms. The number of anilines is 13. The first-order chi connectivity index (χ1) is 65.6. The van der Waals surface area contributed by atoms with Gasteiger partial charge in [0.25, 0.3) is 0 Å². The number of hydrogen-bond acceptors (Lipinski definition) is 8. The molecule has 11 heteroatoms. The summed E-state index contributed by atoms with van der Waals surface area (Å²) in [5, 5.41) is 7.96. The van der Waals surface area contributed by atoms with E-state index in [0.717, 1.165) is 22.9 Å². The maximum Gasteiger partial charge on any atom is 0.151 e. The van der Waals surface area contributed by atoms with Gasteiger partial charge in [-0.05, 0) is 252 Å². The third-order valence-electron chi connectivity index (χ3n) is 28.1. The largest absolute Gasteiger partial charge is 0.453 e. The van der Waals surface area contributed by atoms with Crippen molar-refractivity contribution in [3.63, 3.8) is 0 Å². The smallest absolute Gasteiger partial charge is 0.151 e. The van der Waals surface area contributed by atoms with E-state index in [0.29, 0.717) is 0 Å². The fourth-order valence-corrected chi connectivity index (χ4v) is 23.1. The predicted octanol–water partition coefficient (Wildman–Crippen LogP) is 34.0. The molecular formula is C125H123N9OS. The van der Waals surface area contributed by atoms with Gasteiger partial charge in [-0.2, -0.15) is 0 Å². The van der Waals surface area contributed by atoms with Crippen molar-refractivity contribution in [2.24, 2.45) is 14.1 Å². The molecule has 0 saturated carbocycles. The Kier molecular flexibility index (Phi) is 25.5. The molecule has 0 atom stereocenters. The number of ether oxygens (including phenoxy) is 1. The Bertz CT molecular complexity index is 7520. The van der Waals surface area contributed by atoms with E-state index in [9.17, 15) is 0 Å². The third kappa shape index (κ3) is 16.5. The molecule has 7 heterocycles. The number of benzene rings is 17. The number of fused-ring (bicyclic) bond motifs is 18. The molecule has 0 N–H and O–H groups in total. The highest BCUT2D eigenvalue weighted by Crippen LogP contribution is 2.56. The molecule has 0 fully saturated rings. The van der Waals surface area contributed by atoms with Crippen molar-refractivity contribution in [2.75, 3.05) is 64.6 Å². The van der Waals surface area contributed by atoms with E-state index >= 15 is 0 Å². The van der Waals surface area contributed by atoms with Gasteiger partial charge >= 0.3 is 0 Å². The van der Waals surface area contributed by atoms with E-state index in [1.54, 1.807) is 0 Å². The second kappa shape index (κ2) is 37.9. The van der Waals surface area contributed by atoms with Crippen molar-refractivity contribution in [1.82, 2.24) is 13.7 Å². The molecule has 680 valence electrons. The lowest BCUT2D eigenvalue weighted by Crippen LogP contribution is -2.32. The van der Waals surface area contributed by atoms with Gasteiger partial charge in [0, 0.05) is 131 Å². The molecule has 0 saturated heterocycles. The monoisotopic (exact) mass is 1800 g/mol. The van der Waals surface area contributed by atoms with Crippen molar-refractivity contribution >= 4 is 151 Å². The predicted molar refractivity (Wildman–Crippen MR) is 586 cm³/mol. The second-order valence-corrected chi connectivity index (χ2v) is 38.5. The molecule has 0 unspecified atom stereocenters. The van der Waals surface area contributed by atoms with Crippen LogP contribution in [-0.2, 0) is 19.5 Å². The average Bonchev–Trinajstić information content (AvgIpc) is 1.60. The van der Waals surface area contributed by atoms with Gasteiger partial charge in [0.1, 0.15) is 0 Å². The molecule has 0 amide bonds. The summed E-state index contributed by atoms with van der Waals surface area (Å²) in [6.07, 6.45) is 0. The van der Waals surface area contributed by atoms with Gasteiger partial charge in [0.2, 0.25) is 0 Å². The standard InChI is InChI=1S/C26H20N2.C21H20N2.C18H21N.C15H15NO.C15H15NS.C15H15N.C15H17N/c1-17-9-8-13-20-22-16-15-21-19-12-6-7-14-23(19)28(18-10-4-3-5-11-18)26(21)25(22)27(2)24(17)20;1-15-9-7-13-18-20(15)22(3)21-16(2)10-8-14-19(21)23(18)17-11-5-4-6-12-17;1-12-8-6-10-14-16(12)19(5)17-13(2)9-7-11-15(17)18(14,3)4;2*1-10-6-4-8-12-14(10)16(3)15-11(2)7-5-9-13(15)17-12;1-10-6-4-8-12-13-9-5-7-11(2)15(13)16(3)14(10)12;1-12-8-4-6-10-14(12)16(3)15-11-7-5-9-13(15)2/h3-16H,1-2H3;4-14H,1-3H3;6-11H,1-5H3;2*4-9H,1-3H3;4-9H,1-3H3;4-11H,1-3H3. The molecule has 0 radical (unpaired) electrons. The minimum atomic E-state index is 0.0647. The normalized spacial score (nSPS) is 12.6. The minimum Gasteiger partial charge on any atom is -0.453 e. The molecule has 24 rings (SSSR count). The van der Waals surface area contributed by atoms with E-state index in [4.69, 9.17) is 4.74 Å². The zero-order valence-electron chi connectivity index (χ0n) is 82.8. The Morgan fingerprint density at radius 3 is 0.993 bits per heavy atom. The summed E-state index contributed by atoms with van der Waals surface area (Å²) in [6, 6.07) is 123. The van der Waals surface area contributed by atoms with E-state index in [1.165, 1.54) is 227 Å². The number of hydrogen-bond donors (Lipinski definition) is 0. The van der Waals surface area contributed by atoms with E-state index in [-0.39, 0.29) is 5.41 Å². The van der Waals surface area contributed by atoms with Crippen LogP contribution in [0.5, 0.6) is 11.5 Å². The number of para-hydroxylation sites is 16. The highest BCUT2D eigenvalue weighted by molar-refractivity contribution is 7.99. The molecule has 3 aromatic heterocycles. The van der Waals surface area contributed by atoms with E-state index in [2.05, 4.69) is 518 Å². The molecule has 136 heavy (non-hydrogen) atoms. The lowest BCUT2D eigenvalue weighted by atomic mass is 9.72. The fraction of sp³-hybridized carbons (Fsp3) is 0.184. The second-order valence-electron chi connectivity index (χ2n) is 37.5. The van der Waals surface area contributed by atoms with Crippen LogP contribution in [0.4, 0.5) is 73.9 Å². The maximum absolute atomic E-state index is 5.97. The van der Waals surface area contributed by atoms with E-state index in [1.807, 2.05) is 36.0 Å². The van der Waals surface area contributed by atoms with Crippen molar-refractivity contribution in [3.05, 3.63) is 429 Å². The van der Waals surface area contributed by atoms with Gasteiger partial charge in [0.05, 0.1) is 78.6 Å². The Balaban J connectivity index is 0.000000107. The summed E-state index contributed by atoms with van der Waals surface area (Å²) in [5.74, 6) is 1.87. The number of aryl methyl sites for hydroxylation is 15. The van der Waals surface area contributed by atoms with Crippen LogP contribution in [-0.4, -0.2) is 48.9 Å². The first-order valence-electron chi connectivity index (χ1n) is 47.3. The number of nitrogens with zero attached hydrogens (tertiary/aromatic N) is 9.